The second-order valence-electron chi connectivity index (χ2n) is 7.48. The molecule has 4 rings (SSSR count). The van der Waals surface area contributed by atoms with Crippen LogP contribution in [-0.4, -0.2) is 64.5 Å². The van der Waals surface area contributed by atoms with Gasteiger partial charge in [0.2, 0.25) is 0 Å². The molecular weight excluding hydrogens is 354 g/mol. The number of likely N-dealkylation sites (tertiary alicyclic amines) is 2. The second-order valence-corrected chi connectivity index (χ2v) is 7.91. The molecule has 0 spiro atoms. The molecule has 2 N–H and O–H groups in total. The third-order valence-corrected chi connectivity index (χ3v) is 6.29. The molecular formula is C19H22ClN3O3. The lowest BCUT2D eigenvalue weighted by molar-refractivity contribution is -0.161. The summed E-state index contributed by atoms with van der Waals surface area (Å²) in [4.78, 5) is 32.0. The molecule has 0 unspecified atom stereocenters. The number of carboxylic acid groups (broad SMARTS) is 1. The number of carbonyl (C=O) groups excluding carboxylic acids is 1. The number of nitrogens with one attached hydrogen (secondary N) is 1. The molecule has 2 aliphatic rings. The Bertz CT molecular complexity index is 880. The van der Waals surface area contributed by atoms with Crippen LogP contribution in [0.4, 0.5) is 0 Å². The molecule has 2 aliphatic heterocycles. The molecule has 138 valence electrons. The number of nitrogens with zero attached hydrogens (tertiary/aromatic N) is 2. The fourth-order valence-electron chi connectivity index (χ4n) is 4.56. The molecule has 26 heavy (non-hydrogen) atoms. The van der Waals surface area contributed by atoms with E-state index in [9.17, 15) is 14.7 Å². The van der Waals surface area contributed by atoms with Gasteiger partial charge in [-0.3, -0.25) is 9.59 Å². The number of H-pyrrole nitrogens is 1. The third kappa shape index (κ3) is 2.68. The van der Waals surface area contributed by atoms with E-state index in [1.54, 1.807) is 11.0 Å². The zero-order valence-electron chi connectivity index (χ0n) is 14.7. The van der Waals surface area contributed by atoms with Crippen molar-refractivity contribution in [3.63, 3.8) is 0 Å². The van der Waals surface area contributed by atoms with Crippen LogP contribution >= 0.6 is 11.6 Å². The Labute approximate surface area is 156 Å². The van der Waals surface area contributed by atoms with Crippen molar-refractivity contribution in [1.29, 1.82) is 0 Å². The Morgan fingerprint density at radius 3 is 2.85 bits per heavy atom. The molecule has 1 aromatic heterocycles. The number of aromatic nitrogens is 1. The Morgan fingerprint density at radius 2 is 2.08 bits per heavy atom. The third-order valence-electron chi connectivity index (χ3n) is 6.05. The number of aromatic amines is 1. The minimum atomic E-state index is -0.738. The first-order valence-electron chi connectivity index (χ1n) is 8.92. The molecule has 7 heteroatoms. The highest BCUT2D eigenvalue weighted by molar-refractivity contribution is 6.31. The van der Waals surface area contributed by atoms with Crippen LogP contribution in [0.2, 0.25) is 5.02 Å². The van der Waals surface area contributed by atoms with Gasteiger partial charge in [0.25, 0.3) is 5.91 Å². The highest BCUT2D eigenvalue weighted by atomic mass is 35.5. The topological polar surface area (TPSA) is 76.6 Å². The number of carboxylic acids is 1. The Morgan fingerprint density at radius 1 is 1.27 bits per heavy atom. The van der Waals surface area contributed by atoms with Crippen molar-refractivity contribution in [1.82, 2.24) is 14.8 Å². The second kappa shape index (κ2) is 6.28. The average Bonchev–Trinajstić information content (AvgIpc) is 3.04. The van der Waals surface area contributed by atoms with Crippen LogP contribution in [0.1, 0.15) is 29.8 Å². The zero-order valence-corrected chi connectivity index (χ0v) is 15.4. The molecule has 0 aliphatic carbocycles. The van der Waals surface area contributed by atoms with E-state index in [1.165, 1.54) is 0 Å². The quantitative estimate of drug-likeness (QED) is 0.846. The summed E-state index contributed by atoms with van der Waals surface area (Å²) in [5, 5.41) is 11.4. The van der Waals surface area contributed by atoms with Crippen LogP contribution in [0.15, 0.2) is 24.3 Å². The summed E-state index contributed by atoms with van der Waals surface area (Å²) in [7, 11) is 1.96. The molecule has 6 nitrogen and oxygen atoms in total. The first kappa shape index (κ1) is 17.4. The number of halogens is 1. The summed E-state index contributed by atoms with van der Waals surface area (Å²) in [5.74, 6) is -0.823. The number of fused-ring (bicyclic) bond motifs is 2. The van der Waals surface area contributed by atoms with Gasteiger partial charge in [-0.2, -0.15) is 0 Å². The summed E-state index contributed by atoms with van der Waals surface area (Å²) in [6, 6.07) is 7.13. The fraction of sp³-hybridized carbons (Fsp3) is 0.474. The number of carbonyl (C=O) groups is 2. The van der Waals surface area contributed by atoms with Crippen molar-refractivity contribution in [3.8, 4) is 0 Å². The van der Waals surface area contributed by atoms with Gasteiger partial charge in [-0.15, -0.1) is 0 Å². The Hall–Kier alpha value is -2.05. The number of piperidine rings is 2. The van der Waals surface area contributed by atoms with Crippen LogP contribution in [0, 0.1) is 5.41 Å². The first-order valence-corrected chi connectivity index (χ1v) is 9.30. The van der Waals surface area contributed by atoms with Gasteiger partial charge in [-0.25, -0.2) is 0 Å². The maximum absolute atomic E-state index is 13.0. The lowest BCUT2D eigenvalue weighted by atomic mass is 9.68. The summed E-state index contributed by atoms with van der Waals surface area (Å²) in [5.41, 5.74) is 0.644. The first-order chi connectivity index (χ1) is 12.4. The molecule has 1 aromatic carbocycles. The summed E-state index contributed by atoms with van der Waals surface area (Å²) < 4.78 is 0. The molecule has 2 saturated heterocycles. The van der Waals surface area contributed by atoms with E-state index in [2.05, 4.69) is 9.88 Å². The van der Waals surface area contributed by atoms with Crippen LogP contribution in [0.3, 0.4) is 0 Å². The van der Waals surface area contributed by atoms with E-state index in [0.29, 0.717) is 36.6 Å². The minimum absolute atomic E-state index is 0.0877. The molecule has 2 aromatic rings. The molecule has 3 heterocycles. The predicted molar refractivity (Wildman–Crippen MR) is 99.6 cm³/mol. The normalized spacial score (nSPS) is 26.7. The van der Waals surface area contributed by atoms with Gasteiger partial charge in [0, 0.05) is 35.1 Å². The summed E-state index contributed by atoms with van der Waals surface area (Å²) in [6.45, 7) is 1.77. The lowest BCUT2D eigenvalue weighted by Crippen LogP contribution is -2.63. The van der Waals surface area contributed by atoms with Crippen LogP contribution in [-0.2, 0) is 4.79 Å². The summed E-state index contributed by atoms with van der Waals surface area (Å²) >= 11 is 6.02. The zero-order chi connectivity index (χ0) is 18.5. The largest absolute Gasteiger partial charge is 0.481 e. The highest BCUT2D eigenvalue weighted by Crippen LogP contribution is 2.42. The van der Waals surface area contributed by atoms with Gasteiger partial charge < -0.3 is 19.9 Å². The van der Waals surface area contributed by atoms with E-state index in [1.807, 2.05) is 25.2 Å². The number of amides is 1. The monoisotopic (exact) mass is 375 g/mol. The Kier molecular flexibility index (Phi) is 4.20. The number of hydrogen-bond donors (Lipinski definition) is 2. The standard InChI is InChI=1S/C19H22ClN3O3/c1-22-7-2-5-19(18(25)26)6-8-23(11-16(19)22)17(24)15-10-12-9-13(20)3-4-14(12)21-15/h3-4,9-10,16,21H,2,5-8,11H2,1H3,(H,25,26)/t16-,19+/m1/s1. The van der Waals surface area contributed by atoms with Crippen LogP contribution in [0.25, 0.3) is 10.9 Å². The molecule has 2 fully saturated rings. The van der Waals surface area contributed by atoms with Gasteiger partial charge in [0.15, 0.2) is 0 Å². The van der Waals surface area contributed by atoms with Gasteiger partial charge >= 0.3 is 5.97 Å². The van der Waals surface area contributed by atoms with E-state index >= 15 is 0 Å². The predicted octanol–water partition coefficient (Wildman–Crippen LogP) is 2.83. The maximum atomic E-state index is 13.0. The number of hydrogen-bond acceptors (Lipinski definition) is 3. The van der Waals surface area contributed by atoms with E-state index < -0.39 is 11.4 Å². The van der Waals surface area contributed by atoms with Crippen LogP contribution in [0.5, 0.6) is 0 Å². The number of likely N-dealkylation sites (N-methyl/N-ethyl adjacent to an activating group) is 1. The SMILES string of the molecule is CN1CCC[C@]2(C(=O)O)CCN(C(=O)c3cc4cc(Cl)ccc4[nH]3)C[C@@H]12. The minimum Gasteiger partial charge on any atom is -0.481 e. The van der Waals surface area contributed by atoms with Gasteiger partial charge in [-0.05, 0) is 57.1 Å². The van der Waals surface area contributed by atoms with Crippen molar-refractivity contribution in [2.45, 2.75) is 25.3 Å². The highest BCUT2D eigenvalue weighted by Gasteiger charge is 2.52. The fourth-order valence-corrected chi connectivity index (χ4v) is 4.74. The number of benzene rings is 1. The van der Waals surface area contributed by atoms with Gasteiger partial charge in [-0.1, -0.05) is 11.6 Å². The smallest absolute Gasteiger partial charge is 0.311 e. The molecule has 0 bridgehead atoms. The lowest BCUT2D eigenvalue weighted by Gasteiger charge is -2.51. The van der Waals surface area contributed by atoms with Crippen molar-refractivity contribution in [2.24, 2.45) is 5.41 Å². The number of rotatable bonds is 2. The maximum Gasteiger partial charge on any atom is 0.311 e. The molecule has 0 radical (unpaired) electrons. The van der Waals surface area contributed by atoms with Crippen molar-refractivity contribution in [2.75, 3.05) is 26.7 Å². The van der Waals surface area contributed by atoms with E-state index in [4.69, 9.17) is 11.6 Å². The van der Waals surface area contributed by atoms with Crippen molar-refractivity contribution >= 4 is 34.4 Å². The van der Waals surface area contributed by atoms with E-state index in [-0.39, 0.29) is 11.9 Å². The van der Waals surface area contributed by atoms with Gasteiger partial charge in [0.1, 0.15) is 5.69 Å². The average molecular weight is 376 g/mol. The van der Waals surface area contributed by atoms with Crippen molar-refractivity contribution in [3.05, 3.63) is 35.0 Å². The summed E-state index contributed by atoms with van der Waals surface area (Å²) in [6.07, 6.45) is 2.06. The van der Waals surface area contributed by atoms with Gasteiger partial charge in [0.05, 0.1) is 5.41 Å². The van der Waals surface area contributed by atoms with Crippen molar-refractivity contribution < 1.29 is 14.7 Å². The van der Waals surface area contributed by atoms with E-state index in [0.717, 1.165) is 23.9 Å². The van der Waals surface area contributed by atoms with Crippen LogP contribution < -0.4 is 0 Å². The molecule has 2 atom stereocenters. The number of aliphatic carboxylic acids is 1. The molecule has 1 amide bonds. The Balaban J connectivity index is 1.60. The molecule has 0 saturated carbocycles.